The van der Waals surface area contributed by atoms with Crippen molar-refractivity contribution >= 4 is 17.0 Å². The van der Waals surface area contributed by atoms with Crippen LogP contribution in [0.1, 0.15) is 74.9 Å². The van der Waals surface area contributed by atoms with Gasteiger partial charge in [-0.25, -0.2) is 4.98 Å². The Labute approximate surface area is 183 Å². The zero-order chi connectivity index (χ0) is 23.0. The van der Waals surface area contributed by atoms with E-state index in [9.17, 15) is 18.0 Å². The molecule has 10 heteroatoms. The highest BCUT2D eigenvalue weighted by Gasteiger charge is 2.38. The van der Waals surface area contributed by atoms with Crippen LogP contribution in [-0.4, -0.2) is 43.8 Å². The maximum atomic E-state index is 13.9. The van der Waals surface area contributed by atoms with Gasteiger partial charge in [0.2, 0.25) is 5.91 Å². The van der Waals surface area contributed by atoms with E-state index in [0.29, 0.717) is 31.6 Å². The quantitative estimate of drug-likeness (QED) is 0.553. The monoisotopic (exact) mass is 449 g/mol. The van der Waals surface area contributed by atoms with Gasteiger partial charge < -0.3 is 9.42 Å². The minimum absolute atomic E-state index is 0.0539. The fourth-order valence-electron chi connectivity index (χ4n) is 4.23. The van der Waals surface area contributed by atoms with E-state index in [-0.39, 0.29) is 47.0 Å². The van der Waals surface area contributed by atoms with Gasteiger partial charge >= 0.3 is 6.18 Å². The van der Waals surface area contributed by atoms with Gasteiger partial charge in [-0.15, -0.1) is 0 Å². The van der Waals surface area contributed by atoms with Gasteiger partial charge in [0.05, 0.1) is 22.7 Å². The second kappa shape index (κ2) is 8.55. The van der Waals surface area contributed by atoms with Gasteiger partial charge in [-0.05, 0) is 37.8 Å². The highest BCUT2D eigenvalue weighted by Crippen LogP contribution is 2.40. The van der Waals surface area contributed by atoms with Crippen LogP contribution in [0.4, 0.5) is 13.2 Å². The molecule has 0 unspecified atom stereocenters. The third kappa shape index (κ3) is 4.35. The molecule has 0 bridgehead atoms. The Bertz CT molecular complexity index is 1090. The lowest BCUT2D eigenvalue weighted by Crippen LogP contribution is -2.40. The van der Waals surface area contributed by atoms with E-state index >= 15 is 0 Å². The zero-order valence-corrected chi connectivity index (χ0v) is 18.3. The predicted octanol–water partition coefficient (Wildman–Crippen LogP) is 4.92. The number of carbonyl (C=O) groups excluding carboxylic acids is 1. The molecule has 4 heterocycles. The van der Waals surface area contributed by atoms with Crippen LogP contribution in [0.15, 0.2) is 29.0 Å². The van der Waals surface area contributed by atoms with Crippen LogP contribution < -0.4 is 0 Å². The molecule has 1 amide bonds. The number of nitrogens with zero attached hydrogens (tertiary/aromatic N) is 5. The predicted molar refractivity (Wildman–Crippen MR) is 111 cm³/mol. The lowest BCUT2D eigenvalue weighted by molar-refractivity contribution is -0.136. The Hall–Kier alpha value is -2.91. The lowest BCUT2D eigenvalue weighted by Gasteiger charge is -2.32. The molecule has 7 nitrogen and oxygen atoms in total. The third-order valence-corrected chi connectivity index (χ3v) is 6.00. The SMILES string of the molecule is CC(C)c1cc(C(F)(F)F)c2c([C@@H]3CCCN(C(=O)C[C@@H](C)n4cccn4)C3)noc2n1. The normalized spacial score (nSPS) is 18.5. The molecule has 1 saturated heterocycles. The molecule has 172 valence electrons. The van der Waals surface area contributed by atoms with Crippen molar-refractivity contribution in [2.24, 2.45) is 0 Å². The molecule has 2 atom stereocenters. The number of alkyl halides is 3. The van der Waals surface area contributed by atoms with Crippen LogP contribution in [0.3, 0.4) is 0 Å². The van der Waals surface area contributed by atoms with E-state index in [0.717, 1.165) is 6.07 Å². The van der Waals surface area contributed by atoms with Crippen molar-refractivity contribution in [2.45, 2.75) is 64.1 Å². The number of carbonyl (C=O) groups is 1. The summed E-state index contributed by atoms with van der Waals surface area (Å²) in [5, 5.41) is 8.07. The van der Waals surface area contributed by atoms with Crippen molar-refractivity contribution in [1.29, 1.82) is 0 Å². The third-order valence-electron chi connectivity index (χ3n) is 6.00. The summed E-state index contributed by atoms with van der Waals surface area (Å²) in [5.74, 6) is -0.586. The van der Waals surface area contributed by atoms with Gasteiger partial charge in [0.1, 0.15) is 0 Å². The molecule has 0 aromatic carbocycles. The zero-order valence-electron chi connectivity index (χ0n) is 18.3. The molecule has 0 aliphatic carbocycles. The smallest absolute Gasteiger partial charge is 0.342 e. The first-order valence-corrected chi connectivity index (χ1v) is 10.8. The van der Waals surface area contributed by atoms with Crippen molar-refractivity contribution in [1.82, 2.24) is 24.8 Å². The van der Waals surface area contributed by atoms with Gasteiger partial charge in [0.15, 0.2) is 0 Å². The van der Waals surface area contributed by atoms with E-state index in [1.165, 1.54) is 0 Å². The largest absolute Gasteiger partial charge is 0.417 e. The number of halogens is 3. The molecule has 0 spiro atoms. The van der Waals surface area contributed by atoms with Crippen molar-refractivity contribution in [3.8, 4) is 0 Å². The fourth-order valence-corrected chi connectivity index (χ4v) is 4.23. The molecule has 3 aromatic heterocycles. The summed E-state index contributed by atoms with van der Waals surface area (Å²) < 4.78 is 48.7. The Morgan fingerprint density at radius 2 is 2.09 bits per heavy atom. The van der Waals surface area contributed by atoms with Gasteiger partial charge in [-0.3, -0.25) is 9.48 Å². The molecule has 3 aromatic rings. The maximum absolute atomic E-state index is 13.9. The Morgan fingerprint density at radius 1 is 1.31 bits per heavy atom. The summed E-state index contributed by atoms with van der Waals surface area (Å²) in [7, 11) is 0. The van der Waals surface area contributed by atoms with Crippen LogP contribution in [0.5, 0.6) is 0 Å². The average Bonchev–Trinajstić information content (AvgIpc) is 3.42. The van der Waals surface area contributed by atoms with Crippen molar-refractivity contribution < 1.29 is 22.5 Å². The first-order chi connectivity index (χ1) is 15.1. The van der Waals surface area contributed by atoms with Crippen molar-refractivity contribution in [3.63, 3.8) is 0 Å². The van der Waals surface area contributed by atoms with Crippen LogP contribution >= 0.6 is 0 Å². The number of likely N-dealkylation sites (tertiary alicyclic amines) is 1. The fraction of sp³-hybridized carbons (Fsp3) is 0.545. The minimum atomic E-state index is -4.56. The van der Waals surface area contributed by atoms with Gasteiger partial charge in [-0.2, -0.15) is 18.3 Å². The van der Waals surface area contributed by atoms with Gasteiger partial charge in [-0.1, -0.05) is 19.0 Å². The Balaban J connectivity index is 1.60. The molecule has 1 aliphatic rings. The number of fused-ring (bicyclic) bond motifs is 1. The van der Waals surface area contributed by atoms with Crippen LogP contribution in [0.2, 0.25) is 0 Å². The van der Waals surface area contributed by atoms with E-state index in [1.54, 1.807) is 41.9 Å². The summed E-state index contributed by atoms with van der Waals surface area (Å²) in [4.78, 5) is 18.9. The second-order valence-electron chi connectivity index (χ2n) is 8.71. The van der Waals surface area contributed by atoms with Crippen LogP contribution in [0, 0.1) is 0 Å². The summed E-state index contributed by atoms with van der Waals surface area (Å²) in [6.45, 7) is 6.33. The number of hydrogen-bond donors (Lipinski definition) is 0. The number of piperidine rings is 1. The standard InChI is InChI=1S/C22H26F3N5O2/c1-13(2)17-11-16(22(23,24)25)19-20(28-32-21(19)27-17)15-6-4-8-29(12-15)18(31)10-14(3)30-9-5-7-26-30/h5,7,9,11,13-15H,4,6,8,10,12H2,1-3H3/t14-,15-/m1/s1. The molecule has 1 fully saturated rings. The van der Waals surface area contributed by atoms with Crippen molar-refractivity contribution in [2.75, 3.05) is 13.1 Å². The topological polar surface area (TPSA) is 77.0 Å². The number of amides is 1. The number of hydrogen-bond acceptors (Lipinski definition) is 5. The summed E-state index contributed by atoms with van der Waals surface area (Å²) >= 11 is 0. The molecule has 0 radical (unpaired) electrons. The van der Waals surface area contributed by atoms with Crippen LogP contribution in [0.25, 0.3) is 11.1 Å². The first kappa shape index (κ1) is 22.3. The average molecular weight is 449 g/mol. The maximum Gasteiger partial charge on any atom is 0.417 e. The van der Waals surface area contributed by atoms with E-state index in [4.69, 9.17) is 4.52 Å². The van der Waals surface area contributed by atoms with Crippen LogP contribution in [-0.2, 0) is 11.0 Å². The molecule has 0 saturated carbocycles. The number of pyridine rings is 1. The Kier molecular flexibility index (Phi) is 5.96. The van der Waals surface area contributed by atoms with E-state index in [1.807, 2.05) is 6.92 Å². The molecule has 1 aliphatic heterocycles. The first-order valence-electron chi connectivity index (χ1n) is 10.8. The molecular formula is C22H26F3N5O2. The second-order valence-corrected chi connectivity index (χ2v) is 8.71. The minimum Gasteiger partial charge on any atom is -0.342 e. The summed E-state index contributed by atoms with van der Waals surface area (Å²) in [5.41, 5.74) is -0.346. The van der Waals surface area contributed by atoms with E-state index < -0.39 is 11.7 Å². The van der Waals surface area contributed by atoms with Crippen molar-refractivity contribution in [3.05, 3.63) is 41.5 Å². The highest BCUT2D eigenvalue weighted by molar-refractivity contribution is 5.82. The molecule has 32 heavy (non-hydrogen) atoms. The molecule has 0 N–H and O–H groups in total. The van der Waals surface area contributed by atoms with Gasteiger partial charge in [0.25, 0.3) is 5.71 Å². The molecule has 4 rings (SSSR count). The highest BCUT2D eigenvalue weighted by atomic mass is 19.4. The van der Waals surface area contributed by atoms with Gasteiger partial charge in [0, 0.05) is 43.5 Å². The number of aromatic nitrogens is 4. The number of rotatable bonds is 5. The summed E-state index contributed by atoms with van der Waals surface area (Å²) in [6, 6.07) is 2.77. The Morgan fingerprint density at radius 3 is 2.75 bits per heavy atom. The summed E-state index contributed by atoms with van der Waals surface area (Å²) in [6.07, 6.45) is 0.471. The van der Waals surface area contributed by atoms with E-state index in [2.05, 4.69) is 15.2 Å². The molecular weight excluding hydrogens is 423 g/mol. The lowest BCUT2D eigenvalue weighted by atomic mass is 9.91.